The number of rotatable bonds is 15. The van der Waals surface area contributed by atoms with Crippen molar-refractivity contribution < 1.29 is 24.2 Å². The van der Waals surface area contributed by atoms with E-state index in [9.17, 15) is 19.5 Å². The molecule has 0 spiro atoms. The zero-order valence-electron chi connectivity index (χ0n) is 28.9. The molecule has 0 saturated carbocycles. The van der Waals surface area contributed by atoms with Crippen LogP contribution in [-0.2, 0) is 30.7 Å². The van der Waals surface area contributed by atoms with Crippen LogP contribution in [0.15, 0.2) is 79.0 Å². The number of unbranched alkanes of at least 4 members (excludes halogenated alkanes) is 2. The van der Waals surface area contributed by atoms with Gasteiger partial charge in [-0.1, -0.05) is 81.3 Å². The molecule has 1 aliphatic rings. The van der Waals surface area contributed by atoms with Gasteiger partial charge in [-0.3, -0.25) is 9.59 Å². The molecular weight excluding hydrogens is 616 g/mol. The number of aliphatic hydroxyl groups excluding tert-OH is 1. The first-order chi connectivity index (χ1) is 23.9. The molecule has 2 amide bonds. The lowest BCUT2D eigenvalue weighted by Gasteiger charge is -2.36. The number of benzene rings is 3. The minimum atomic E-state index is -0.562. The highest BCUT2D eigenvalue weighted by molar-refractivity contribution is 6.03. The van der Waals surface area contributed by atoms with Gasteiger partial charge in [-0.25, -0.2) is 9.78 Å². The van der Waals surface area contributed by atoms with Crippen LogP contribution < -0.4 is 0 Å². The van der Waals surface area contributed by atoms with Crippen LogP contribution in [-0.4, -0.2) is 75.1 Å². The molecule has 1 N–H and O–H groups in total. The van der Waals surface area contributed by atoms with Gasteiger partial charge in [0.1, 0.15) is 11.5 Å². The van der Waals surface area contributed by atoms with E-state index in [0.29, 0.717) is 49.7 Å². The highest BCUT2D eigenvalue weighted by atomic mass is 16.5. The van der Waals surface area contributed by atoms with Crippen LogP contribution in [0.1, 0.15) is 93.8 Å². The number of carbonyl (C=O) groups is 3. The SMILES string of the molecule is CCCCN(CCCC)C(=O)c1cn(CCCc2ccccc2)c(-c2ccc(C(=O)OC)cc2C(=O)N2Cc3ccccc3CC2CO)n1. The number of esters is 1. The highest BCUT2D eigenvalue weighted by Gasteiger charge is 2.33. The number of amides is 2. The van der Waals surface area contributed by atoms with Crippen molar-refractivity contribution >= 4 is 17.8 Å². The fourth-order valence-corrected chi connectivity index (χ4v) is 6.48. The Morgan fingerprint density at radius 3 is 2.29 bits per heavy atom. The third kappa shape index (κ3) is 8.46. The quantitative estimate of drug-likeness (QED) is 0.144. The number of hydrogen-bond acceptors (Lipinski definition) is 6. The maximum atomic E-state index is 14.6. The normalized spacial score (nSPS) is 14.0. The molecule has 2 heterocycles. The second-order valence-corrected chi connectivity index (χ2v) is 12.7. The minimum Gasteiger partial charge on any atom is -0.465 e. The summed E-state index contributed by atoms with van der Waals surface area (Å²) >= 11 is 0. The van der Waals surface area contributed by atoms with Gasteiger partial charge < -0.3 is 24.2 Å². The maximum absolute atomic E-state index is 14.6. The summed E-state index contributed by atoms with van der Waals surface area (Å²) in [4.78, 5) is 49.8. The number of imidazole rings is 1. The van der Waals surface area contributed by atoms with Crippen molar-refractivity contribution in [3.63, 3.8) is 0 Å². The van der Waals surface area contributed by atoms with Crippen LogP contribution >= 0.6 is 0 Å². The van der Waals surface area contributed by atoms with Crippen molar-refractivity contribution in [2.75, 3.05) is 26.8 Å². The Morgan fingerprint density at radius 1 is 0.918 bits per heavy atom. The smallest absolute Gasteiger partial charge is 0.337 e. The Bertz CT molecular complexity index is 1730. The van der Waals surface area contributed by atoms with Crippen molar-refractivity contribution in [1.29, 1.82) is 0 Å². The number of hydrogen-bond donors (Lipinski definition) is 1. The standard InChI is InChI=1S/C40H48N4O5/c1-4-6-21-42(22-7-5-2)39(47)36-27-43(23-13-16-29-14-9-8-10-15-29)37(41-36)34-20-19-31(40(48)49-3)25-35(34)38(46)44-26-32-18-12-11-17-30(32)24-33(44)28-45/h8-12,14-15,17-20,25,27,33,45H,4-7,13,16,21-24,26,28H2,1-3H3. The van der Waals surface area contributed by atoms with E-state index in [4.69, 9.17) is 9.72 Å². The average molecular weight is 665 g/mol. The molecule has 9 nitrogen and oxygen atoms in total. The van der Waals surface area contributed by atoms with Crippen LogP contribution in [0.3, 0.4) is 0 Å². The van der Waals surface area contributed by atoms with E-state index in [1.807, 2.05) is 58.1 Å². The van der Waals surface area contributed by atoms with Gasteiger partial charge in [0, 0.05) is 37.9 Å². The van der Waals surface area contributed by atoms with Gasteiger partial charge in [0.05, 0.1) is 30.9 Å². The molecule has 0 fully saturated rings. The molecule has 1 atom stereocenters. The second kappa shape index (κ2) is 17.1. The summed E-state index contributed by atoms with van der Waals surface area (Å²) in [6.45, 7) is 6.22. The van der Waals surface area contributed by atoms with Gasteiger partial charge in [0.25, 0.3) is 11.8 Å². The molecule has 1 aliphatic heterocycles. The average Bonchev–Trinajstić information content (AvgIpc) is 3.57. The lowest BCUT2D eigenvalue weighted by Crippen LogP contribution is -2.46. The number of aryl methyl sites for hydroxylation is 2. The minimum absolute atomic E-state index is 0.128. The van der Waals surface area contributed by atoms with Crippen molar-refractivity contribution in [1.82, 2.24) is 19.4 Å². The monoisotopic (exact) mass is 664 g/mol. The third-order valence-electron chi connectivity index (χ3n) is 9.29. The Hall–Kier alpha value is -4.76. The highest BCUT2D eigenvalue weighted by Crippen LogP contribution is 2.31. The number of aliphatic hydroxyl groups is 1. The van der Waals surface area contributed by atoms with Gasteiger partial charge in [0.2, 0.25) is 0 Å². The summed E-state index contributed by atoms with van der Waals surface area (Å²) < 4.78 is 6.99. The van der Waals surface area contributed by atoms with Gasteiger partial charge in [-0.05, 0) is 67.0 Å². The Kier molecular flexibility index (Phi) is 12.4. The van der Waals surface area contributed by atoms with Crippen molar-refractivity contribution in [2.45, 2.75) is 77.9 Å². The fraction of sp³-hybridized carbons (Fsp3) is 0.400. The van der Waals surface area contributed by atoms with Gasteiger partial charge in [-0.2, -0.15) is 0 Å². The molecule has 9 heteroatoms. The summed E-state index contributed by atoms with van der Waals surface area (Å²) in [5, 5.41) is 10.4. The van der Waals surface area contributed by atoms with Crippen molar-refractivity contribution in [3.05, 3.63) is 113 Å². The van der Waals surface area contributed by atoms with Crippen LogP contribution in [0.25, 0.3) is 11.4 Å². The number of methoxy groups -OCH3 is 1. The number of nitrogens with zero attached hydrogens (tertiary/aromatic N) is 4. The topological polar surface area (TPSA) is 105 Å². The van der Waals surface area contributed by atoms with Crippen LogP contribution in [0.5, 0.6) is 0 Å². The van der Waals surface area contributed by atoms with E-state index >= 15 is 0 Å². The number of fused-ring (bicyclic) bond motifs is 1. The maximum Gasteiger partial charge on any atom is 0.337 e. The summed E-state index contributed by atoms with van der Waals surface area (Å²) in [5.74, 6) is -0.529. The largest absolute Gasteiger partial charge is 0.465 e. The lowest BCUT2D eigenvalue weighted by molar-refractivity contribution is 0.0544. The van der Waals surface area contributed by atoms with Crippen molar-refractivity contribution in [2.24, 2.45) is 0 Å². The Morgan fingerprint density at radius 2 is 1.61 bits per heavy atom. The Balaban J connectivity index is 1.58. The van der Waals surface area contributed by atoms with Crippen LogP contribution in [0.2, 0.25) is 0 Å². The zero-order valence-corrected chi connectivity index (χ0v) is 28.9. The summed E-state index contributed by atoms with van der Waals surface area (Å²) in [7, 11) is 1.31. The van der Waals surface area contributed by atoms with E-state index in [-0.39, 0.29) is 29.5 Å². The molecule has 1 aromatic heterocycles. The molecule has 0 bridgehead atoms. The summed E-state index contributed by atoms with van der Waals surface area (Å²) in [5.41, 5.74) is 4.67. The predicted molar refractivity (Wildman–Crippen MR) is 190 cm³/mol. The Labute approximate surface area is 289 Å². The molecule has 0 radical (unpaired) electrons. The fourth-order valence-electron chi connectivity index (χ4n) is 6.48. The van der Waals surface area contributed by atoms with Gasteiger partial charge >= 0.3 is 5.97 Å². The number of ether oxygens (including phenoxy) is 1. The summed E-state index contributed by atoms with van der Waals surface area (Å²) in [6.07, 6.45) is 7.70. The molecule has 3 aromatic carbocycles. The number of carbonyl (C=O) groups excluding carboxylic acids is 3. The second-order valence-electron chi connectivity index (χ2n) is 12.7. The first-order valence-corrected chi connectivity index (χ1v) is 17.5. The van der Waals surface area contributed by atoms with Crippen LogP contribution in [0.4, 0.5) is 0 Å². The van der Waals surface area contributed by atoms with Gasteiger partial charge in [-0.15, -0.1) is 0 Å². The molecule has 5 rings (SSSR count). The first kappa shape index (κ1) is 35.5. The molecule has 1 unspecified atom stereocenters. The molecule has 49 heavy (non-hydrogen) atoms. The van der Waals surface area contributed by atoms with Crippen LogP contribution in [0, 0.1) is 0 Å². The first-order valence-electron chi connectivity index (χ1n) is 17.5. The molecule has 0 aliphatic carbocycles. The molecule has 4 aromatic rings. The van der Waals surface area contributed by atoms with Crippen molar-refractivity contribution in [3.8, 4) is 11.4 Å². The summed E-state index contributed by atoms with van der Waals surface area (Å²) in [6, 6.07) is 22.6. The molecular formula is C40H48N4O5. The third-order valence-corrected chi connectivity index (χ3v) is 9.29. The van der Waals surface area contributed by atoms with E-state index < -0.39 is 12.0 Å². The molecule has 0 saturated heterocycles. The van der Waals surface area contributed by atoms with E-state index in [2.05, 4.69) is 26.0 Å². The number of aromatic nitrogens is 2. The lowest BCUT2D eigenvalue weighted by atomic mass is 9.92. The van der Waals surface area contributed by atoms with E-state index in [1.165, 1.54) is 12.7 Å². The predicted octanol–water partition coefficient (Wildman–Crippen LogP) is 6.57. The van der Waals surface area contributed by atoms with E-state index in [1.54, 1.807) is 23.1 Å². The van der Waals surface area contributed by atoms with E-state index in [0.717, 1.165) is 49.7 Å². The zero-order chi connectivity index (χ0) is 34.8. The molecule has 258 valence electrons. The van der Waals surface area contributed by atoms with Gasteiger partial charge in [0.15, 0.2) is 0 Å².